The number of ketones is 1. The maximum absolute atomic E-state index is 11.2. The van der Waals surface area contributed by atoms with Crippen molar-refractivity contribution in [2.24, 2.45) is 5.73 Å². The summed E-state index contributed by atoms with van der Waals surface area (Å²) < 4.78 is 4.51. The third-order valence-corrected chi connectivity index (χ3v) is 2.40. The number of hydrogen-bond acceptors (Lipinski definition) is 5. The van der Waals surface area contributed by atoms with Gasteiger partial charge in [-0.2, -0.15) is 0 Å². The van der Waals surface area contributed by atoms with Crippen LogP contribution in [0.5, 0.6) is 5.75 Å². The molecule has 0 heterocycles. The summed E-state index contributed by atoms with van der Waals surface area (Å²) in [6, 6.07) is 3.78. The molecule has 0 aliphatic carbocycles. The lowest BCUT2D eigenvalue weighted by Crippen LogP contribution is -2.33. The molecule has 1 aromatic rings. The first-order valence-corrected chi connectivity index (χ1v) is 5.12. The summed E-state index contributed by atoms with van der Waals surface area (Å²) >= 11 is 0. The monoisotopic (exact) mass is 273 g/mol. The van der Waals surface area contributed by atoms with Crippen LogP contribution in [-0.2, 0) is 16.0 Å². The summed E-state index contributed by atoms with van der Waals surface area (Å²) in [5, 5.41) is 9.45. The number of benzene rings is 1. The molecule has 0 saturated heterocycles. The molecule has 100 valence electrons. The third kappa shape index (κ3) is 4.01. The Balaban J connectivity index is 0.00000289. The van der Waals surface area contributed by atoms with Crippen LogP contribution in [0.15, 0.2) is 18.2 Å². The normalized spacial score (nSPS) is 11.3. The fourth-order valence-corrected chi connectivity index (χ4v) is 1.48. The van der Waals surface area contributed by atoms with Gasteiger partial charge in [0.2, 0.25) is 0 Å². The first-order chi connectivity index (χ1) is 7.95. The van der Waals surface area contributed by atoms with E-state index in [1.165, 1.54) is 26.2 Å². The second-order valence-electron chi connectivity index (χ2n) is 3.74. The molecule has 3 N–H and O–H groups in total. The molecule has 0 fully saturated rings. The second kappa shape index (κ2) is 6.98. The van der Waals surface area contributed by atoms with Crippen LogP contribution in [0, 0.1) is 0 Å². The van der Waals surface area contributed by atoms with Crippen LogP contribution >= 0.6 is 12.4 Å². The molecule has 0 spiro atoms. The van der Waals surface area contributed by atoms with E-state index < -0.39 is 12.0 Å². The Morgan fingerprint density at radius 3 is 2.56 bits per heavy atom. The van der Waals surface area contributed by atoms with Crippen molar-refractivity contribution in [1.82, 2.24) is 0 Å². The predicted octanol–water partition coefficient (Wildman–Crippen LogP) is 1.06. The van der Waals surface area contributed by atoms with E-state index in [0.717, 1.165) is 0 Å². The maximum Gasteiger partial charge on any atom is 0.322 e. The van der Waals surface area contributed by atoms with Crippen molar-refractivity contribution in [3.63, 3.8) is 0 Å². The number of nitrogens with two attached hydrogens (primary N) is 1. The number of methoxy groups -OCH3 is 1. The van der Waals surface area contributed by atoms with Crippen molar-refractivity contribution in [2.75, 3.05) is 7.11 Å². The molecular weight excluding hydrogens is 258 g/mol. The highest BCUT2D eigenvalue weighted by Crippen LogP contribution is 2.19. The first kappa shape index (κ1) is 16.4. The highest BCUT2D eigenvalue weighted by molar-refractivity contribution is 5.96. The lowest BCUT2D eigenvalue weighted by atomic mass is 10.0. The molecule has 0 saturated carbocycles. The Kier molecular flexibility index (Phi) is 6.36. The lowest BCUT2D eigenvalue weighted by Gasteiger charge is -2.10. The molecule has 0 amide bonds. The summed E-state index contributed by atoms with van der Waals surface area (Å²) in [4.78, 5) is 22.3. The van der Waals surface area contributed by atoms with Crippen LogP contribution < -0.4 is 5.73 Å². The van der Waals surface area contributed by atoms with Gasteiger partial charge in [-0.25, -0.2) is 0 Å². The average Bonchev–Trinajstić information content (AvgIpc) is 2.30. The van der Waals surface area contributed by atoms with Crippen molar-refractivity contribution in [3.8, 4) is 5.75 Å². The second-order valence-corrected chi connectivity index (χ2v) is 3.74. The van der Waals surface area contributed by atoms with Crippen molar-refractivity contribution in [3.05, 3.63) is 29.3 Å². The Morgan fingerprint density at radius 1 is 1.44 bits per heavy atom. The number of halogens is 1. The smallest absolute Gasteiger partial charge is 0.322 e. The zero-order chi connectivity index (χ0) is 13.0. The molecule has 0 radical (unpaired) electrons. The number of phenols is 1. The molecule has 0 aliphatic heterocycles. The van der Waals surface area contributed by atoms with Crippen molar-refractivity contribution >= 4 is 24.2 Å². The van der Waals surface area contributed by atoms with E-state index in [1.807, 2.05) is 0 Å². The van der Waals surface area contributed by atoms with Gasteiger partial charge in [0.1, 0.15) is 11.8 Å². The molecule has 0 unspecified atom stereocenters. The van der Waals surface area contributed by atoms with Crippen LogP contribution in [0.3, 0.4) is 0 Å². The van der Waals surface area contributed by atoms with E-state index in [2.05, 4.69) is 4.74 Å². The summed E-state index contributed by atoms with van der Waals surface area (Å²) in [6.07, 6.45) is 0.257. The van der Waals surface area contributed by atoms with Gasteiger partial charge in [0.15, 0.2) is 5.78 Å². The quantitative estimate of drug-likeness (QED) is 0.632. The van der Waals surface area contributed by atoms with E-state index in [1.54, 1.807) is 6.07 Å². The van der Waals surface area contributed by atoms with Crippen LogP contribution in [0.2, 0.25) is 0 Å². The Labute approximate surface area is 111 Å². The van der Waals surface area contributed by atoms with Gasteiger partial charge in [-0.3, -0.25) is 9.59 Å². The number of rotatable bonds is 4. The van der Waals surface area contributed by atoms with E-state index in [0.29, 0.717) is 5.56 Å². The minimum Gasteiger partial charge on any atom is -0.507 e. The van der Waals surface area contributed by atoms with Gasteiger partial charge in [-0.05, 0) is 31.0 Å². The fraction of sp³-hybridized carbons (Fsp3) is 0.333. The van der Waals surface area contributed by atoms with Crippen molar-refractivity contribution in [1.29, 1.82) is 0 Å². The van der Waals surface area contributed by atoms with E-state index in [-0.39, 0.29) is 35.9 Å². The summed E-state index contributed by atoms with van der Waals surface area (Å²) in [5.74, 6) is -0.827. The molecule has 0 bridgehead atoms. The minimum absolute atomic E-state index is 0. The third-order valence-electron chi connectivity index (χ3n) is 2.40. The topological polar surface area (TPSA) is 89.6 Å². The molecule has 6 heteroatoms. The van der Waals surface area contributed by atoms with Crippen LogP contribution in [0.25, 0.3) is 0 Å². The van der Waals surface area contributed by atoms with Crippen LogP contribution in [0.4, 0.5) is 0 Å². The number of ether oxygens (including phenoxy) is 1. The minimum atomic E-state index is -0.774. The van der Waals surface area contributed by atoms with Gasteiger partial charge in [0, 0.05) is 0 Å². The summed E-state index contributed by atoms with van der Waals surface area (Å²) in [7, 11) is 1.26. The van der Waals surface area contributed by atoms with Gasteiger partial charge in [-0.1, -0.05) is 6.07 Å². The number of esters is 1. The Hall–Kier alpha value is -1.59. The molecule has 0 aromatic heterocycles. The molecule has 1 atom stereocenters. The van der Waals surface area contributed by atoms with Crippen LogP contribution in [0.1, 0.15) is 22.8 Å². The largest absolute Gasteiger partial charge is 0.507 e. The van der Waals surface area contributed by atoms with E-state index in [9.17, 15) is 14.7 Å². The van der Waals surface area contributed by atoms with E-state index in [4.69, 9.17) is 5.73 Å². The number of carbonyl (C=O) groups is 2. The SMILES string of the molecule is COC(=O)[C@@H](N)Cc1ccc(O)c(C(C)=O)c1.Cl. The van der Waals surface area contributed by atoms with Gasteiger partial charge < -0.3 is 15.6 Å². The number of carbonyl (C=O) groups excluding carboxylic acids is 2. The van der Waals surface area contributed by atoms with Crippen molar-refractivity contribution in [2.45, 2.75) is 19.4 Å². The molecule has 5 nitrogen and oxygen atoms in total. The summed E-state index contributed by atoms with van der Waals surface area (Å²) in [6.45, 7) is 1.36. The lowest BCUT2D eigenvalue weighted by molar-refractivity contribution is -0.142. The first-order valence-electron chi connectivity index (χ1n) is 5.12. The molecule has 1 rings (SSSR count). The zero-order valence-electron chi connectivity index (χ0n) is 10.2. The molecule has 1 aromatic carbocycles. The maximum atomic E-state index is 11.2. The predicted molar refractivity (Wildman–Crippen MR) is 69.1 cm³/mol. The van der Waals surface area contributed by atoms with Gasteiger partial charge in [0.05, 0.1) is 12.7 Å². The zero-order valence-corrected chi connectivity index (χ0v) is 11.0. The van der Waals surface area contributed by atoms with Gasteiger partial charge in [0.25, 0.3) is 0 Å². The van der Waals surface area contributed by atoms with Crippen molar-refractivity contribution < 1.29 is 19.4 Å². The molecule has 0 aliphatic rings. The summed E-state index contributed by atoms with van der Waals surface area (Å²) in [5.41, 5.74) is 6.52. The number of aromatic hydroxyl groups is 1. The van der Waals surface area contributed by atoms with E-state index >= 15 is 0 Å². The number of hydrogen-bond donors (Lipinski definition) is 2. The number of phenolic OH excluding ortho intramolecular Hbond substituents is 1. The molecule has 18 heavy (non-hydrogen) atoms. The molecular formula is C12H16ClNO4. The van der Waals surface area contributed by atoms with Gasteiger partial charge in [-0.15, -0.1) is 12.4 Å². The van der Waals surface area contributed by atoms with Crippen LogP contribution in [-0.4, -0.2) is 30.0 Å². The average molecular weight is 274 g/mol. The van der Waals surface area contributed by atoms with Gasteiger partial charge >= 0.3 is 5.97 Å². The highest BCUT2D eigenvalue weighted by atomic mass is 35.5. The number of Topliss-reactive ketones (excluding diaryl/α,β-unsaturated/α-hetero) is 1. The standard InChI is InChI=1S/C12H15NO4.ClH/c1-7(14)9-5-8(3-4-11(9)15)6-10(13)12(16)17-2;/h3-5,10,15H,6,13H2,1-2H3;1H/t10-;/m0./s1. The Bertz CT molecular complexity index is 448. The fourth-order valence-electron chi connectivity index (χ4n) is 1.48. The highest BCUT2D eigenvalue weighted by Gasteiger charge is 2.15. The Morgan fingerprint density at radius 2 is 2.06 bits per heavy atom.